The Kier molecular flexibility index (Phi) is 6.73. The number of carbonyl (C=O) groups is 1. The van der Waals surface area contributed by atoms with Crippen LogP contribution in [-0.2, 0) is 4.79 Å². The van der Waals surface area contributed by atoms with E-state index in [1.807, 2.05) is 42.2 Å². The maximum absolute atomic E-state index is 12.6. The summed E-state index contributed by atoms with van der Waals surface area (Å²) >= 11 is 5.91. The SMILES string of the molecule is Cc1cc(N2CCN(C)CC2)nc(N2CCN(C(=O)/C=C/c3ccc(Cl)cc3)CC2)n1. The predicted molar refractivity (Wildman–Crippen MR) is 126 cm³/mol. The third-order valence-corrected chi connectivity index (χ3v) is 6.07. The molecule has 0 radical (unpaired) electrons. The third kappa shape index (κ3) is 5.54. The number of likely N-dealkylation sites (N-methyl/N-ethyl adjacent to an activating group) is 1. The zero-order valence-corrected chi connectivity index (χ0v) is 18.9. The van der Waals surface area contributed by atoms with E-state index in [1.54, 1.807) is 6.08 Å². The fourth-order valence-corrected chi connectivity index (χ4v) is 3.98. The molecular formula is C23H29ClN6O. The van der Waals surface area contributed by atoms with Crippen LogP contribution in [0.25, 0.3) is 6.08 Å². The van der Waals surface area contributed by atoms with Crippen LogP contribution in [0.15, 0.2) is 36.4 Å². The zero-order chi connectivity index (χ0) is 21.8. The zero-order valence-electron chi connectivity index (χ0n) is 18.2. The Hall–Kier alpha value is -2.64. The van der Waals surface area contributed by atoms with Crippen LogP contribution in [0.4, 0.5) is 11.8 Å². The maximum Gasteiger partial charge on any atom is 0.246 e. The van der Waals surface area contributed by atoms with Crippen molar-refractivity contribution in [1.29, 1.82) is 0 Å². The minimum atomic E-state index is 0.0258. The monoisotopic (exact) mass is 440 g/mol. The Labute approximate surface area is 188 Å². The van der Waals surface area contributed by atoms with Gasteiger partial charge in [-0.05, 0) is 37.7 Å². The molecule has 2 fully saturated rings. The van der Waals surface area contributed by atoms with Crippen molar-refractivity contribution in [2.75, 3.05) is 69.2 Å². The van der Waals surface area contributed by atoms with Crippen LogP contribution in [-0.4, -0.2) is 85.1 Å². The largest absolute Gasteiger partial charge is 0.354 e. The molecule has 31 heavy (non-hydrogen) atoms. The molecule has 8 heteroatoms. The van der Waals surface area contributed by atoms with Crippen LogP contribution >= 0.6 is 11.6 Å². The average molecular weight is 441 g/mol. The number of carbonyl (C=O) groups excluding carboxylic acids is 1. The minimum absolute atomic E-state index is 0.0258. The molecule has 0 aliphatic carbocycles. The van der Waals surface area contributed by atoms with Gasteiger partial charge < -0.3 is 19.6 Å². The molecule has 2 aliphatic heterocycles. The smallest absolute Gasteiger partial charge is 0.246 e. The van der Waals surface area contributed by atoms with E-state index in [4.69, 9.17) is 16.6 Å². The first-order valence-electron chi connectivity index (χ1n) is 10.7. The van der Waals surface area contributed by atoms with E-state index in [9.17, 15) is 4.79 Å². The van der Waals surface area contributed by atoms with Gasteiger partial charge in [0.1, 0.15) is 5.82 Å². The average Bonchev–Trinajstić information content (AvgIpc) is 2.78. The van der Waals surface area contributed by atoms with Gasteiger partial charge in [0.05, 0.1) is 0 Å². The molecule has 0 bridgehead atoms. The molecule has 0 spiro atoms. The first-order chi connectivity index (χ1) is 15.0. The van der Waals surface area contributed by atoms with E-state index in [-0.39, 0.29) is 5.91 Å². The van der Waals surface area contributed by atoms with E-state index in [0.717, 1.165) is 62.3 Å². The first-order valence-corrected chi connectivity index (χ1v) is 11.1. The van der Waals surface area contributed by atoms with Gasteiger partial charge in [0, 0.05) is 75.2 Å². The van der Waals surface area contributed by atoms with Crippen LogP contribution in [0, 0.1) is 6.92 Å². The molecule has 4 rings (SSSR count). The Bertz CT molecular complexity index is 932. The first kappa shape index (κ1) is 21.6. The topological polar surface area (TPSA) is 55.8 Å². The van der Waals surface area contributed by atoms with Crippen molar-refractivity contribution >= 4 is 35.4 Å². The Morgan fingerprint density at radius 3 is 2.26 bits per heavy atom. The molecule has 0 saturated carbocycles. The van der Waals surface area contributed by atoms with Crippen LogP contribution < -0.4 is 9.80 Å². The maximum atomic E-state index is 12.6. The van der Waals surface area contributed by atoms with Gasteiger partial charge in [-0.2, -0.15) is 4.98 Å². The predicted octanol–water partition coefficient (Wildman–Crippen LogP) is 2.55. The molecule has 0 atom stereocenters. The number of anilines is 2. The van der Waals surface area contributed by atoms with Crippen molar-refractivity contribution in [3.05, 3.63) is 52.7 Å². The number of piperazine rings is 2. The molecule has 1 amide bonds. The van der Waals surface area contributed by atoms with Crippen molar-refractivity contribution in [2.24, 2.45) is 0 Å². The summed E-state index contributed by atoms with van der Waals surface area (Å²) in [4.78, 5) is 30.8. The van der Waals surface area contributed by atoms with Crippen molar-refractivity contribution in [3.8, 4) is 0 Å². The van der Waals surface area contributed by atoms with Crippen LogP contribution in [0.3, 0.4) is 0 Å². The summed E-state index contributed by atoms with van der Waals surface area (Å²) in [6.45, 7) is 8.84. The van der Waals surface area contributed by atoms with Crippen molar-refractivity contribution < 1.29 is 4.79 Å². The second-order valence-corrected chi connectivity index (χ2v) is 8.59. The highest BCUT2D eigenvalue weighted by Gasteiger charge is 2.23. The van der Waals surface area contributed by atoms with Gasteiger partial charge in [0.15, 0.2) is 0 Å². The number of rotatable bonds is 4. The third-order valence-electron chi connectivity index (χ3n) is 5.82. The number of aromatic nitrogens is 2. The molecule has 0 unspecified atom stereocenters. The molecule has 164 valence electrons. The number of benzene rings is 1. The van der Waals surface area contributed by atoms with Crippen LogP contribution in [0.2, 0.25) is 5.02 Å². The number of hydrogen-bond donors (Lipinski definition) is 0. The van der Waals surface area contributed by atoms with E-state index in [2.05, 4.69) is 32.8 Å². The number of amides is 1. The fourth-order valence-electron chi connectivity index (χ4n) is 3.85. The lowest BCUT2D eigenvalue weighted by atomic mass is 10.2. The summed E-state index contributed by atoms with van der Waals surface area (Å²) in [5.41, 5.74) is 1.93. The number of aryl methyl sites for hydroxylation is 1. The van der Waals surface area contributed by atoms with Gasteiger partial charge in [0.25, 0.3) is 0 Å². The second-order valence-electron chi connectivity index (χ2n) is 8.16. The summed E-state index contributed by atoms with van der Waals surface area (Å²) in [6.07, 6.45) is 3.46. The quantitative estimate of drug-likeness (QED) is 0.681. The van der Waals surface area contributed by atoms with Crippen LogP contribution in [0.5, 0.6) is 0 Å². The Balaban J connectivity index is 1.36. The van der Waals surface area contributed by atoms with Crippen LogP contribution in [0.1, 0.15) is 11.3 Å². The number of halogens is 1. The van der Waals surface area contributed by atoms with E-state index >= 15 is 0 Å². The molecule has 2 aromatic rings. The highest BCUT2D eigenvalue weighted by atomic mass is 35.5. The summed E-state index contributed by atoms with van der Waals surface area (Å²) < 4.78 is 0. The molecular weight excluding hydrogens is 412 g/mol. The highest BCUT2D eigenvalue weighted by molar-refractivity contribution is 6.30. The van der Waals surface area contributed by atoms with Gasteiger partial charge in [-0.25, -0.2) is 4.98 Å². The van der Waals surface area contributed by atoms with E-state index in [0.29, 0.717) is 18.1 Å². The Morgan fingerprint density at radius 1 is 0.935 bits per heavy atom. The lowest BCUT2D eigenvalue weighted by molar-refractivity contribution is -0.126. The fraction of sp³-hybridized carbons (Fsp3) is 0.435. The van der Waals surface area contributed by atoms with Gasteiger partial charge in [-0.15, -0.1) is 0 Å². The van der Waals surface area contributed by atoms with Crippen molar-refractivity contribution in [3.63, 3.8) is 0 Å². The van der Waals surface area contributed by atoms with Gasteiger partial charge in [0.2, 0.25) is 11.9 Å². The summed E-state index contributed by atoms with van der Waals surface area (Å²) in [7, 11) is 2.15. The summed E-state index contributed by atoms with van der Waals surface area (Å²) in [6, 6.07) is 9.51. The standard InChI is InChI=1S/C23H29ClN6O/c1-18-17-21(28-11-9-27(2)10-12-28)26-23(25-18)30-15-13-29(14-16-30)22(31)8-5-19-3-6-20(24)7-4-19/h3-8,17H,9-16H2,1-2H3/b8-5+. The number of hydrogen-bond acceptors (Lipinski definition) is 6. The molecule has 1 aromatic heterocycles. The minimum Gasteiger partial charge on any atom is -0.354 e. The van der Waals surface area contributed by atoms with E-state index < -0.39 is 0 Å². The molecule has 2 aliphatic rings. The van der Waals surface area contributed by atoms with Crippen molar-refractivity contribution in [2.45, 2.75) is 6.92 Å². The Morgan fingerprint density at radius 2 is 1.58 bits per heavy atom. The van der Waals surface area contributed by atoms with Crippen molar-refractivity contribution in [1.82, 2.24) is 19.8 Å². The molecule has 7 nitrogen and oxygen atoms in total. The molecule has 1 aromatic carbocycles. The molecule has 2 saturated heterocycles. The normalized spacial score (nSPS) is 18.1. The lowest BCUT2D eigenvalue weighted by Crippen LogP contribution is -2.49. The molecule has 0 N–H and O–H groups in total. The lowest BCUT2D eigenvalue weighted by Gasteiger charge is -2.36. The molecule has 3 heterocycles. The van der Waals surface area contributed by atoms with E-state index in [1.165, 1.54) is 0 Å². The van der Waals surface area contributed by atoms with Gasteiger partial charge >= 0.3 is 0 Å². The summed E-state index contributed by atoms with van der Waals surface area (Å²) in [5, 5.41) is 0.689. The van der Waals surface area contributed by atoms with Gasteiger partial charge in [-0.3, -0.25) is 4.79 Å². The second kappa shape index (κ2) is 9.66. The number of nitrogens with zero attached hydrogens (tertiary/aromatic N) is 6. The highest BCUT2D eigenvalue weighted by Crippen LogP contribution is 2.20. The van der Waals surface area contributed by atoms with Gasteiger partial charge in [-0.1, -0.05) is 23.7 Å². The summed E-state index contributed by atoms with van der Waals surface area (Å²) in [5.74, 6) is 1.79.